The van der Waals surface area contributed by atoms with Crippen LogP contribution >= 0.6 is 0 Å². The van der Waals surface area contributed by atoms with Gasteiger partial charge in [0.2, 0.25) is 0 Å². The Kier molecular flexibility index (Phi) is 5.64. The molecule has 1 aliphatic rings. The molecular weight excluding hydrogens is 313 g/mol. The minimum atomic E-state index is -0.537. The van der Waals surface area contributed by atoms with E-state index in [4.69, 9.17) is 4.74 Å². The Hall–Kier alpha value is -2.31. The first kappa shape index (κ1) is 18.0. The first-order chi connectivity index (χ1) is 11.2. The van der Waals surface area contributed by atoms with Crippen LogP contribution in [-0.4, -0.2) is 41.8 Å². The molecule has 6 nitrogen and oxygen atoms in total. The van der Waals surface area contributed by atoms with Gasteiger partial charge in [0.05, 0.1) is 5.69 Å². The summed E-state index contributed by atoms with van der Waals surface area (Å²) < 4.78 is 18.8. The molecule has 0 unspecified atom stereocenters. The molecule has 0 bridgehead atoms. The maximum Gasteiger partial charge on any atom is 0.407 e. The van der Waals surface area contributed by atoms with Crippen LogP contribution in [0.3, 0.4) is 0 Å². The topological polar surface area (TPSA) is 70.7 Å². The molecule has 1 heterocycles. The minimum Gasteiger partial charge on any atom is -0.444 e. The lowest BCUT2D eigenvalue weighted by molar-refractivity contribution is 0.0486. The number of nitrogens with zero attached hydrogens (tertiary/aromatic N) is 1. The van der Waals surface area contributed by atoms with Crippen molar-refractivity contribution in [2.45, 2.75) is 45.3 Å². The standard InChI is InChI=1S/C17H24FN3O3/c1-17(2,3)24-16(23)19-12-8-10-21(11-9-12)15(22)20-14-7-5-4-6-13(14)18/h4-7,12H,8-11H2,1-3H3,(H,19,23)(H,20,22). The normalized spacial score (nSPS) is 15.8. The molecule has 1 saturated heterocycles. The van der Waals surface area contributed by atoms with Crippen molar-refractivity contribution in [2.24, 2.45) is 0 Å². The van der Waals surface area contributed by atoms with Crippen LogP contribution in [0, 0.1) is 5.82 Å². The quantitative estimate of drug-likeness (QED) is 0.869. The number of para-hydroxylation sites is 1. The van der Waals surface area contributed by atoms with Crippen LogP contribution in [0.25, 0.3) is 0 Å². The molecule has 7 heteroatoms. The van der Waals surface area contributed by atoms with Crippen molar-refractivity contribution in [2.75, 3.05) is 18.4 Å². The number of carbonyl (C=O) groups excluding carboxylic acids is 2. The maximum atomic E-state index is 13.6. The highest BCUT2D eigenvalue weighted by Gasteiger charge is 2.26. The zero-order valence-corrected chi connectivity index (χ0v) is 14.3. The van der Waals surface area contributed by atoms with Gasteiger partial charge in [-0.25, -0.2) is 14.0 Å². The summed E-state index contributed by atoms with van der Waals surface area (Å²) in [6.07, 6.45) is 0.810. The summed E-state index contributed by atoms with van der Waals surface area (Å²) in [5.74, 6) is -0.465. The molecular formula is C17H24FN3O3. The van der Waals surface area contributed by atoms with Gasteiger partial charge >= 0.3 is 12.1 Å². The molecule has 24 heavy (non-hydrogen) atoms. The van der Waals surface area contributed by atoms with Crippen molar-refractivity contribution >= 4 is 17.8 Å². The van der Waals surface area contributed by atoms with Gasteiger partial charge in [-0.05, 0) is 45.7 Å². The SMILES string of the molecule is CC(C)(C)OC(=O)NC1CCN(C(=O)Nc2ccccc2F)CC1. The predicted molar refractivity (Wildman–Crippen MR) is 89.4 cm³/mol. The van der Waals surface area contributed by atoms with E-state index in [1.54, 1.807) is 17.0 Å². The van der Waals surface area contributed by atoms with Crippen LogP contribution in [0.5, 0.6) is 0 Å². The lowest BCUT2D eigenvalue weighted by Crippen LogP contribution is -2.48. The fraction of sp³-hybridized carbons (Fsp3) is 0.529. The van der Waals surface area contributed by atoms with E-state index in [9.17, 15) is 14.0 Å². The van der Waals surface area contributed by atoms with Crippen molar-refractivity contribution in [1.29, 1.82) is 0 Å². The number of anilines is 1. The van der Waals surface area contributed by atoms with Crippen LogP contribution in [0.2, 0.25) is 0 Å². The number of ether oxygens (including phenoxy) is 1. The molecule has 3 amide bonds. The number of carbonyl (C=O) groups is 2. The van der Waals surface area contributed by atoms with Crippen LogP contribution in [0.15, 0.2) is 24.3 Å². The fourth-order valence-corrected chi connectivity index (χ4v) is 2.46. The summed E-state index contributed by atoms with van der Waals surface area (Å²) in [7, 11) is 0. The third kappa shape index (κ3) is 5.40. The zero-order valence-electron chi connectivity index (χ0n) is 14.3. The monoisotopic (exact) mass is 337 g/mol. The molecule has 0 spiro atoms. The van der Waals surface area contributed by atoms with Crippen LogP contribution in [0.1, 0.15) is 33.6 Å². The Morgan fingerprint density at radius 2 is 1.83 bits per heavy atom. The molecule has 2 N–H and O–H groups in total. The molecule has 1 aliphatic heterocycles. The van der Waals surface area contributed by atoms with Gasteiger partial charge in [0, 0.05) is 19.1 Å². The highest BCUT2D eigenvalue weighted by atomic mass is 19.1. The number of likely N-dealkylation sites (tertiary alicyclic amines) is 1. The first-order valence-corrected chi connectivity index (χ1v) is 8.04. The number of nitrogens with one attached hydrogen (secondary N) is 2. The molecule has 0 saturated carbocycles. The van der Waals surface area contributed by atoms with Gasteiger partial charge < -0.3 is 20.3 Å². The van der Waals surface area contributed by atoms with Crippen LogP contribution in [0.4, 0.5) is 19.7 Å². The largest absolute Gasteiger partial charge is 0.444 e. The number of benzene rings is 1. The molecule has 2 rings (SSSR count). The fourth-order valence-electron chi connectivity index (χ4n) is 2.46. The number of piperidine rings is 1. The Balaban J connectivity index is 1.79. The summed E-state index contributed by atoms with van der Waals surface area (Å²) in [6, 6.07) is 5.68. The molecule has 1 aromatic carbocycles. The van der Waals surface area contributed by atoms with Gasteiger partial charge in [0.1, 0.15) is 11.4 Å². The van der Waals surface area contributed by atoms with E-state index >= 15 is 0 Å². The van der Waals surface area contributed by atoms with Gasteiger partial charge in [-0.1, -0.05) is 12.1 Å². The van der Waals surface area contributed by atoms with Gasteiger partial charge in [-0.3, -0.25) is 0 Å². The van der Waals surface area contributed by atoms with Crippen LogP contribution in [-0.2, 0) is 4.74 Å². The van der Waals surface area contributed by atoms with Gasteiger partial charge in [-0.2, -0.15) is 0 Å². The summed E-state index contributed by atoms with van der Waals surface area (Å²) in [6.45, 7) is 6.40. The number of alkyl carbamates (subject to hydrolysis) is 1. The average Bonchev–Trinajstić information content (AvgIpc) is 2.48. The summed E-state index contributed by atoms with van der Waals surface area (Å²) in [5, 5.41) is 5.38. The highest BCUT2D eigenvalue weighted by Crippen LogP contribution is 2.16. The molecule has 132 valence electrons. The molecule has 1 aromatic rings. The van der Waals surface area contributed by atoms with Gasteiger partial charge in [-0.15, -0.1) is 0 Å². The third-order valence-electron chi connectivity index (χ3n) is 3.62. The first-order valence-electron chi connectivity index (χ1n) is 8.04. The number of hydrogen-bond acceptors (Lipinski definition) is 3. The number of amides is 3. The Labute approximate surface area is 141 Å². The third-order valence-corrected chi connectivity index (χ3v) is 3.62. The second-order valence-corrected chi connectivity index (χ2v) is 6.82. The van der Waals surface area contributed by atoms with Gasteiger partial charge in [0.15, 0.2) is 0 Å². The van der Waals surface area contributed by atoms with E-state index in [2.05, 4.69) is 10.6 Å². The van der Waals surface area contributed by atoms with Crippen molar-refractivity contribution in [3.05, 3.63) is 30.1 Å². The molecule has 0 atom stereocenters. The van der Waals surface area contributed by atoms with E-state index in [1.165, 1.54) is 12.1 Å². The van der Waals surface area contributed by atoms with E-state index in [1.807, 2.05) is 20.8 Å². The molecule has 0 aliphatic carbocycles. The van der Waals surface area contributed by atoms with E-state index in [0.717, 1.165) is 0 Å². The van der Waals surface area contributed by atoms with Crippen molar-refractivity contribution in [1.82, 2.24) is 10.2 Å². The number of halogens is 1. The highest BCUT2D eigenvalue weighted by molar-refractivity contribution is 5.89. The summed E-state index contributed by atoms with van der Waals surface area (Å²) in [5.41, 5.74) is -0.374. The molecule has 1 fully saturated rings. The minimum absolute atomic E-state index is 0.0302. The zero-order chi connectivity index (χ0) is 17.7. The number of hydrogen-bond donors (Lipinski definition) is 2. The predicted octanol–water partition coefficient (Wildman–Crippen LogP) is 3.35. The smallest absolute Gasteiger partial charge is 0.407 e. The van der Waals surface area contributed by atoms with Crippen molar-refractivity contribution in [3.63, 3.8) is 0 Å². The Morgan fingerprint density at radius 3 is 2.42 bits per heavy atom. The van der Waals surface area contributed by atoms with E-state index in [0.29, 0.717) is 25.9 Å². The number of rotatable bonds is 2. The second-order valence-electron chi connectivity index (χ2n) is 6.82. The Bertz CT molecular complexity index is 593. The maximum absolute atomic E-state index is 13.6. The average molecular weight is 337 g/mol. The lowest BCUT2D eigenvalue weighted by Gasteiger charge is -2.32. The van der Waals surface area contributed by atoms with Crippen molar-refractivity contribution < 1.29 is 18.7 Å². The summed E-state index contributed by atoms with van der Waals surface area (Å²) in [4.78, 5) is 25.5. The second kappa shape index (κ2) is 7.51. The van der Waals surface area contributed by atoms with Gasteiger partial charge in [0.25, 0.3) is 0 Å². The van der Waals surface area contributed by atoms with Crippen molar-refractivity contribution in [3.8, 4) is 0 Å². The molecule has 0 radical (unpaired) electrons. The number of urea groups is 1. The molecule has 0 aromatic heterocycles. The van der Waals surface area contributed by atoms with Crippen LogP contribution < -0.4 is 10.6 Å². The lowest BCUT2D eigenvalue weighted by atomic mass is 10.1. The van der Waals surface area contributed by atoms with E-state index < -0.39 is 17.5 Å². The Morgan fingerprint density at radius 1 is 1.21 bits per heavy atom. The summed E-state index contributed by atoms with van der Waals surface area (Å²) >= 11 is 0. The van der Waals surface area contributed by atoms with E-state index in [-0.39, 0.29) is 17.8 Å².